The van der Waals surface area contributed by atoms with Crippen molar-refractivity contribution < 1.29 is 55.5 Å². The van der Waals surface area contributed by atoms with E-state index in [4.69, 9.17) is 15.1 Å². The first-order valence-electron chi connectivity index (χ1n) is 0.775. The van der Waals surface area contributed by atoms with Crippen LogP contribution in [0.25, 0.3) is 0 Å². The maximum absolute atomic E-state index is 7.17. The van der Waals surface area contributed by atoms with Crippen LogP contribution in [0.5, 0.6) is 0 Å². The predicted molar refractivity (Wildman–Crippen MR) is 12.4 cm³/mol. The zero-order valence-electron chi connectivity index (χ0n) is 2.37. The standard InChI is InChI=1S/BH3O3.Pm/c2-1(3)4;/h2-4H;. The second kappa shape index (κ2) is 5.28. The number of rotatable bonds is 0. The molecular formula is H3BO3Pm. The van der Waals surface area contributed by atoms with Crippen molar-refractivity contribution in [1.29, 1.82) is 0 Å². The van der Waals surface area contributed by atoms with Gasteiger partial charge in [0.05, 0.1) is 0 Å². The minimum atomic E-state index is -2.17. The van der Waals surface area contributed by atoms with Crippen LogP contribution in [0, 0.1) is 40.4 Å². The summed E-state index contributed by atoms with van der Waals surface area (Å²) in [5, 5.41) is 21.5. The molecule has 0 spiro atoms. The van der Waals surface area contributed by atoms with Gasteiger partial charge in [0.15, 0.2) is 0 Å². The first kappa shape index (κ1) is 9.56. The fourth-order valence-electron chi connectivity index (χ4n) is 0. The molecule has 0 bridgehead atoms. The Morgan fingerprint density at radius 2 is 1.00 bits per heavy atom. The van der Waals surface area contributed by atoms with Crippen molar-refractivity contribution in [3.8, 4) is 0 Å². The molecule has 0 unspecified atom stereocenters. The van der Waals surface area contributed by atoms with Gasteiger partial charge in [-0.15, -0.1) is 0 Å². The Kier molecular flexibility index (Phi) is 10.1. The molecule has 0 rings (SSSR count). The van der Waals surface area contributed by atoms with Crippen LogP contribution in [0.15, 0.2) is 0 Å². The third-order valence-corrected chi connectivity index (χ3v) is 0. The molecule has 0 aliphatic heterocycles. The smallest absolute Gasteiger partial charge is 0.402 e. The average Bonchev–Trinajstić information content (AvgIpc) is 0.811. The third kappa shape index (κ3) is 34.6. The Labute approximate surface area is 62.3 Å². The van der Waals surface area contributed by atoms with Crippen LogP contribution in [0.4, 0.5) is 0 Å². The van der Waals surface area contributed by atoms with E-state index in [0.717, 1.165) is 0 Å². The molecule has 29 valence electrons. The van der Waals surface area contributed by atoms with Crippen molar-refractivity contribution in [2.75, 3.05) is 0 Å². The first-order chi connectivity index (χ1) is 1.73. The van der Waals surface area contributed by atoms with Gasteiger partial charge >= 0.3 is 7.32 Å². The van der Waals surface area contributed by atoms with Gasteiger partial charge in [0, 0.05) is 40.4 Å². The molecule has 0 aromatic heterocycles. The SMILES string of the molecule is OB(O)O.[Pm]. The van der Waals surface area contributed by atoms with E-state index in [9.17, 15) is 0 Å². The maximum Gasteiger partial charge on any atom is 0.631 e. The normalized spacial score (nSPS) is 5.40. The second-order valence-electron chi connectivity index (χ2n) is 0.346. The molecule has 0 fully saturated rings. The molecule has 0 aromatic carbocycles. The van der Waals surface area contributed by atoms with Gasteiger partial charge in [0.1, 0.15) is 0 Å². The van der Waals surface area contributed by atoms with E-state index in [1.807, 2.05) is 0 Å². The molecule has 0 aliphatic carbocycles. The Morgan fingerprint density at radius 1 is 1.00 bits per heavy atom. The molecule has 0 saturated carbocycles. The summed E-state index contributed by atoms with van der Waals surface area (Å²) in [7, 11) is -2.17. The van der Waals surface area contributed by atoms with E-state index in [0.29, 0.717) is 0 Å². The van der Waals surface area contributed by atoms with Crippen LogP contribution in [0.1, 0.15) is 0 Å². The fourth-order valence-corrected chi connectivity index (χ4v) is 0. The van der Waals surface area contributed by atoms with E-state index >= 15 is 0 Å². The van der Waals surface area contributed by atoms with Gasteiger partial charge in [-0.3, -0.25) is 0 Å². The average molecular weight is 207 g/mol. The topological polar surface area (TPSA) is 60.7 Å². The minimum Gasteiger partial charge on any atom is -0.402 e. The molecule has 1 radical (unpaired) electrons. The zero-order valence-corrected chi connectivity index (χ0v) is 5.24. The summed E-state index contributed by atoms with van der Waals surface area (Å²) in [6.45, 7) is 0. The van der Waals surface area contributed by atoms with Gasteiger partial charge < -0.3 is 15.1 Å². The van der Waals surface area contributed by atoms with E-state index in [1.54, 1.807) is 0 Å². The fraction of sp³-hybridized carbons (Fsp3) is 0. The van der Waals surface area contributed by atoms with Gasteiger partial charge in [0.2, 0.25) is 0 Å². The Balaban J connectivity index is 0. The molecule has 5 heteroatoms. The molecule has 5 heavy (non-hydrogen) atoms. The van der Waals surface area contributed by atoms with Crippen molar-refractivity contribution >= 4 is 7.32 Å². The monoisotopic (exact) mass is 207 g/mol. The van der Waals surface area contributed by atoms with Crippen LogP contribution in [0.2, 0.25) is 0 Å². The van der Waals surface area contributed by atoms with Crippen LogP contribution < -0.4 is 0 Å². The van der Waals surface area contributed by atoms with Crippen molar-refractivity contribution in [1.82, 2.24) is 0 Å². The van der Waals surface area contributed by atoms with Crippen LogP contribution in [-0.2, 0) is 0 Å². The zero-order chi connectivity index (χ0) is 3.58. The quantitative estimate of drug-likeness (QED) is 0.400. The van der Waals surface area contributed by atoms with Crippen molar-refractivity contribution in [2.45, 2.75) is 0 Å². The predicted octanol–water partition coefficient (Wildman–Crippen LogP) is -2.05. The molecule has 3 N–H and O–H groups in total. The van der Waals surface area contributed by atoms with E-state index in [2.05, 4.69) is 0 Å². The molecule has 0 amide bonds. The largest absolute Gasteiger partial charge is 0.631 e. The molecule has 0 aliphatic rings. The van der Waals surface area contributed by atoms with Crippen LogP contribution in [-0.4, -0.2) is 22.4 Å². The summed E-state index contributed by atoms with van der Waals surface area (Å²) >= 11 is 0. The summed E-state index contributed by atoms with van der Waals surface area (Å²) in [4.78, 5) is 0. The second-order valence-corrected chi connectivity index (χ2v) is 0.346. The third-order valence-electron chi connectivity index (χ3n) is 0. The number of hydrogen-bond donors (Lipinski definition) is 3. The van der Waals surface area contributed by atoms with Gasteiger partial charge in [-0.25, -0.2) is 0 Å². The summed E-state index contributed by atoms with van der Waals surface area (Å²) in [6, 6.07) is 0. The molecule has 0 heterocycles. The molecular weight excluding hydrogens is 204 g/mol. The van der Waals surface area contributed by atoms with Gasteiger partial charge in [0.25, 0.3) is 0 Å². The minimum absolute atomic E-state index is 0. The number of hydrogen-bond acceptors (Lipinski definition) is 3. The summed E-state index contributed by atoms with van der Waals surface area (Å²) in [5.74, 6) is 0. The Morgan fingerprint density at radius 3 is 1.00 bits per heavy atom. The maximum atomic E-state index is 7.17. The van der Waals surface area contributed by atoms with Crippen molar-refractivity contribution in [3.63, 3.8) is 0 Å². The van der Waals surface area contributed by atoms with E-state index in [1.165, 1.54) is 0 Å². The molecule has 0 saturated heterocycles. The van der Waals surface area contributed by atoms with Gasteiger partial charge in [-0.05, 0) is 0 Å². The summed E-state index contributed by atoms with van der Waals surface area (Å²) in [6.07, 6.45) is 0. The van der Waals surface area contributed by atoms with Crippen molar-refractivity contribution in [3.05, 3.63) is 0 Å². The van der Waals surface area contributed by atoms with Crippen LogP contribution >= 0.6 is 0 Å². The summed E-state index contributed by atoms with van der Waals surface area (Å²) < 4.78 is 0. The summed E-state index contributed by atoms with van der Waals surface area (Å²) in [5.41, 5.74) is 0. The molecule has 0 atom stereocenters. The van der Waals surface area contributed by atoms with Gasteiger partial charge in [-0.1, -0.05) is 0 Å². The molecule has 3 nitrogen and oxygen atoms in total. The van der Waals surface area contributed by atoms with E-state index < -0.39 is 7.32 Å². The van der Waals surface area contributed by atoms with Crippen molar-refractivity contribution in [2.24, 2.45) is 0 Å². The Hall–Kier alpha value is 1.28. The molecule has 0 aromatic rings. The Bertz CT molecular complexity index is 11.6. The van der Waals surface area contributed by atoms with Gasteiger partial charge in [-0.2, -0.15) is 0 Å². The van der Waals surface area contributed by atoms with E-state index in [-0.39, 0.29) is 40.4 Å². The first-order valence-corrected chi connectivity index (χ1v) is 0.775. The van der Waals surface area contributed by atoms with Crippen LogP contribution in [0.3, 0.4) is 0 Å².